The van der Waals surface area contributed by atoms with Gasteiger partial charge in [-0.15, -0.1) is 162 Å². The summed E-state index contributed by atoms with van der Waals surface area (Å²) in [5, 5.41) is 10.9. The Labute approximate surface area is 336 Å². The van der Waals surface area contributed by atoms with Crippen molar-refractivity contribution in [2.75, 3.05) is 0 Å². The molecule has 8 aromatic rings. The maximum atomic E-state index is 3.25. The van der Waals surface area contributed by atoms with Crippen molar-refractivity contribution >= 4 is 52.7 Å². The Balaban J connectivity index is 0.000000318. The molecule has 256 valence electrons. The molecule has 0 amide bonds. The summed E-state index contributed by atoms with van der Waals surface area (Å²) in [6.07, 6.45) is 0. The summed E-state index contributed by atoms with van der Waals surface area (Å²) in [5.41, 5.74) is 10.8. The van der Waals surface area contributed by atoms with Gasteiger partial charge in [0.25, 0.3) is 0 Å². The van der Waals surface area contributed by atoms with Gasteiger partial charge in [0.2, 0.25) is 0 Å². The summed E-state index contributed by atoms with van der Waals surface area (Å²) >= 11 is 3.50. The van der Waals surface area contributed by atoms with E-state index in [-0.39, 0.29) is 24.8 Å². The molecule has 8 rings (SSSR count). The van der Waals surface area contributed by atoms with Crippen LogP contribution in [0.5, 0.6) is 0 Å². The van der Waals surface area contributed by atoms with Crippen molar-refractivity contribution in [1.29, 1.82) is 0 Å². The van der Waals surface area contributed by atoms with Gasteiger partial charge in [-0.05, 0) is 27.7 Å². The largest absolute Gasteiger partial charge is 1.00 e. The van der Waals surface area contributed by atoms with Crippen LogP contribution in [-0.4, -0.2) is 9.63 Å². The summed E-state index contributed by atoms with van der Waals surface area (Å²) in [6.45, 7) is 17.0. The van der Waals surface area contributed by atoms with Gasteiger partial charge in [-0.3, -0.25) is 0 Å². The Morgan fingerprint density at radius 1 is 0.320 bits per heavy atom. The quantitative estimate of drug-likeness (QED) is 0.120. The zero-order valence-corrected chi connectivity index (χ0v) is 35.4. The number of hydrogen-bond acceptors (Lipinski definition) is 0. The summed E-state index contributed by atoms with van der Waals surface area (Å²) in [4.78, 5) is 6.50. The molecule has 0 spiro atoms. The van der Waals surface area contributed by atoms with Crippen LogP contribution in [0.15, 0.2) is 121 Å². The smallest absolute Gasteiger partial charge is 1.00 e. The van der Waals surface area contributed by atoms with Gasteiger partial charge in [0, 0.05) is 0 Å². The van der Waals surface area contributed by atoms with Crippen molar-refractivity contribution in [2.24, 2.45) is 0 Å². The zero-order valence-electron chi connectivity index (χ0n) is 30.7. The molecule has 8 aromatic carbocycles. The van der Waals surface area contributed by atoms with Gasteiger partial charge in [0.05, 0.1) is 0 Å². The summed E-state index contributed by atoms with van der Waals surface area (Å²) < 4.78 is 0. The van der Waals surface area contributed by atoms with E-state index in [0.29, 0.717) is 0 Å². The Morgan fingerprint density at radius 3 is 0.680 bits per heavy atom. The molecule has 0 nitrogen and oxygen atoms in total. The van der Waals surface area contributed by atoms with Crippen LogP contribution in [0.1, 0.15) is 44.5 Å². The third-order valence-electron chi connectivity index (χ3n) is 8.03. The van der Waals surface area contributed by atoms with Gasteiger partial charge < -0.3 is 24.8 Å². The number of halogens is 2. The van der Waals surface area contributed by atoms with Crippen molar-refractivity contribution in [3.05, 3.63) is 166 Å². The molecular weight excluding hydrogens is 719 g/mol. The molecule has 50 heavy (non-hydrogen) atoms. The summed E-state index contributed by atoms with van der Waals surface area (Å²) in [7, 11) is 0. The second-order valence-corrected chi connectivity index (χ2v) is 12.7. The number of aryl methyl sites for hydroxylation is 8. The van der Waals surface area contributed by atoms with Crippen LogP contribution in [0.2, 0.25) is 0 Å². The average molecular weight is 768 g/mol. The molecule has 0 atom stereocenters. The maximum Gasteiger partial charge on any atom is -1.00 e. The average Bonchev–Trinajstić information content (AvgIpc) is 3.82. The predicted molar refractivity (Wildman–Crippen MR) is 210 cm³/mol. The van der Waals surface area contributed by atoms with Crippen LogP contribution in [-0.2, 0) is 39.9 Å². The van der Waals surface area contributed by atoms with E-state index < -0.39 is 0 Å². The van der Waals surface area contributed by atoms with Gasteiger partial charge in [0.1, 0.15) is 0 Å². The van der Waals surface area contributed by atoms with Crippen molar-refractivity contribution in [3.8, 4) is 0 Å². The van der Waals surface area contributed by atoms with Gasteiger partial charge >= 0.3 is 49.6 Å². The zero-order chi connectivity index (χ0) is 35.4. The van der Waals surface area contributed by atoms with Crippen molar-refractivity contribution in [3.63, 3.8) is 0 Å². The maximum absolute atomic E-state index is 3.25. The monoisotopic (exact) mass is 766 g/mol. The number of fused-ring (bicyclic) bond motifs is 4. The van der Waals surface area contributed by atoms with Crippen LogP contribution in [0.3, 0.4) is 0 Å². The first kappa shape index (κ1) is 45.1. The summed E-state index contributed by atoms with van der Waals surface area (Å²) in [6, 6.07) is 44.0. The molecule has 0 aliphatic rings. The van der Waals surface area contributed by atoms with E-state index in [1.54, 1.807) is 39.9 Å². The normalized spacial score (nSPS) is 9.68. The Morgan fingerprint density at radius 2 is 0.500 bits per heavy atom. The molecule has 0 bridgehead atoms. The molecule has 0 aliphatic carbocycles. The van der Waals surface area contributed by atoms with Crippen LogP contribution in [0.25, 0.3) is 43.1 Å². The molecular formula is C46H48Cl2Ti2-2. The predicted octanol–water partition coefficient (Wildman–Crippen LogP) is 6.64. The van der Waals surface area contributed by atoms with Gasteiger partial charge in [-0.2, -0.15) is 24.3 Å². The fourth-order valence-corrected chi connectivity index (χ4v) is 5.93. The molecule has 0 fully saturated rings. The Bertz CT molecular complexity index is 1890. The number of rotatable bonds is 0. The van der Waals surface area contributed by atoms with E-state index in [9.17, 15) is 0 Å². The Kier molecular flexibility index (Phi) is 19.9. The van der Waals surface area contributed by atoms with Gasteiger partial charge in [0.15, 0.2) is 0 Å². The molecule has 0 aliphatic heterocycles. The number of benzene rings is 4. The fraction of sp³-hybridized carbons (Fsp3) is 0.174. The standard InChI is InChI=1S/4C11H11.2CH2.2ClH.2Ti/c4*1-8-3-4-10-6-9(2)7-11(10)5-8;;;;;;/h4*3-7H,1-2H3;2*1H2;2*1H;;/q4*-1;;;;;2*+2/p-2. The van der Waals surface area contributed by atoms with E-state index in [2.05, 4.69) is 186 Å². The van der Waals surface area contributed by atoms with Crippen LogP contribution < -0.4 is 24.8 Å². The molecule has 0 radical (unpaired) electrons. The second kappa shape index (κ2) is 22.1. The minimum atomic E-state index is 0. The van der Waals surface area contributed by atoms with E-state index in [4.69, 9.17) is 0 Å². The third kappa shape index (κ3) is 13.3. The fourth-order valence-electron chi connectivity index (χ4n) is 5.93. The van der Waals surface area contributed by atoms with Crippen LogP contribution >= 0.6 is 0 Å². The van der Waals surface area contributed by atoms with E-state index in [1.165, 1.54) is 87.6 Å². The van der Waals surface area contributed by atoms with Crippen LogP contribution in [0.4, 0.5) is 0 Å². The molecule has 0 N–H and O–H groups in total. The minimum absolute atomic E-state index is 0. The molecule has 0 saturated carbocycles. The van der Waals surface area contributed by atoms with Crippen molar-refractivity contribution < 1.29 is 64.8 Å². The van der Waals surface area contributed by atoms with E-state index in [0.717, 1.165) is 0 Å². The molecule has 0 heterocycles. The van der Waals surface area contributed by atoms with Crippen molar-refractivity contribution in [1.82, 2.24) is 0 Å². The first-order chi connectivity index (χ1) is 23.0. The van der Waals surface area contributed by atoms with E-state index in [1.807, 2.05) is 0 Å². The topological polar surface area (TPSA) is 0 Å². The Hall–Kier alpha value is -2.93. The number of hydrogen-bond donors (Lipinski definition) is 0. The van der Waals surface area contributed by atoms with Gasteiger partial charge in [-0.25, -0.2) is 0 Å². The van der Waals surface area contributed by atoms with Crippen molar-refractivity contribution in [2.45, 2.75) is 55.4 Å². The molecule has 0 saturated heterocycles. The SMILES string of the molecule is Cc1ccc2[cH-]c(C)cc2c1.Cc1ccc2[cH-]c(C)cc2c1.Cc1ccc2[cH-]c(C)cc2c1.Cc1ccc2[cH-]c(C)cc2c1.[CH2]=[Ti+2].[CH2]=[Ti+2].[Cl-].[Cl-]. The van der Waals surface area contributed by atoms with E-state index >= 15 is 0 Å². The third-order valence-corrected chi connectivity index (χ3v) is 8.03. The minimum Gasteiger partial charge on any atom is -1.00 e. The van der Waals surface area contributed by atoms with Crippen LogP contribution in [0, 0.1) is 55.4 Å². The first-order valence-corrected chi connectivity index (χ1v) is 18.5. The molecule has 0 unspecified atom stereocenters. The first-order valence-electron chi connectivity index (χ1n) is 16.3. The van der Waals surface area contributed by atoms with Gasteiger partial charge in [-0.1, -0.05) is 49.9 Å². The molecule has 4 heteroatoms. The summed E-state index contributed by atoms with van der Waals surface area (Å²) in [5.74, 6) is 0. The second-order valence-electron chi connectivity index (χ2n) is 12.7. The molecule has 0 aromatic heterocycles.